The maximum Gasteiger partial charge on any atom is 0.371 e. The van der Waals surface area contributed by atoms with Crippen molar-refractivity contribution in [1.29, 1.82) is 0 Å². The lowest BCUT2D eigenvalue weighted by Gasteiger charge is -2.05. The van der Waals surface area contributed by atoms with Crippen molar-refractivity contribution in [1.82, 2.24) is 0 Å². The number of carboxylic acid groups (broad SMARTS) is 1. The van der Waals surface area contributed by atoms with Gasteiger partial charge in [-0.1, -0.05) is 43.0 Å². The Bertz CT molecular complexity index is 366. The van der Waals surface area contributed by atoms with E-state index in [1.165, 1.54) is 12.2 Å². The molecule has 0 bridgehead atoms. The van der Waals surface area contributed by atoms with E-state index < -0.39 is 5.97 Å². The molecule has 1 N–H and O–H groups in total. The van der Waals surface area contributed by atoms with E-state index in [9.17, 15) is 4.79 Å². The number of allylic oxidation sites excluding steroid dienone is 2. The highest BCUT2D eigenvalue weighted by molar-refractivity contribution is 5.84. The molecule has 1 aromatic carbocycles. The number of hydrogen-bond donors (Lipinski definition) is 1. The average molecular weight is 204 g/mol. The lowest BCUT2D eigenvalue weighted by Crippen LogP contribution is -2.04. The van der Waals surface area contributed by atoms with Crippen molar-refractivity contribution in [2.45, 2.75) is 6.61 Å². The number of carbonyl (C=O) groups is 1. The number of hydrogen-bond acceptors (Lipinski definition) is 2. The molecular formula is C12H12O3. The van der Waals surface area contributed by atoms with E-state index in [2.05, 4.69) is 6.58 Å². The van der Waals surface area contributed by atoms with Gasteiger partial charge in [0.2, 0.25) is 5.76 Å². The van der Waals surface area contributed by atoms with Crippen LogP contribution in [-0.4, -0.2) is 11.1 Å². The molecule has 0 spiro atoms. The third-order valence-electron chi connectivity index (χ3n) is 1.72. The molecule has 1 aromatic rings. The number of ether oxygens (including phenoxy) is 1. The van der Waals surface area contributed by atoms with Crippen molar-refractivity contribution in [3.05, 3.63) is 60.4 Å². The van der Waals surface area contributed by atoms with Gasteiger partial charge >= 0.3 is 5.97 Å². The van der Waals surface area contributed by atoms with Crippen LogP contribution in [0.1, 0.15) is 5.56 Å². The maximum atomic E-state index is 10.7. The molecule has 0 unspecified atom stereocenters. The summed E-state index contributed by atoms with van der Waals surface area (Å²) in [5.41, 5.74) is 0.925. The fourth-order valence-electron chi connectivity index (χ4n) is 1.02. The van der Waals surface area contributed by atoms with Crippen molar-refractivity contribution in [3.8, 4) is 0 Å². The van der Waals surface area contributed by atoms with Gasteiger partial charge < -0.3 is 9.84 Å². The second kappa shape index (κ2) is 5.65. The summed E-state index contributed by atoms with van der Waals surface area (Å²) in [7, 11) is 0. The van der Waals surface area contributed by atoms with Gasteiger partial charge in [-0.05, 0) is 11.6 Å². The first-order chi connectivity index (χ1) is 7.24. The highest BCUT2D eigenvalue weighted by Gasteiger charge is 2.06. The van der Waals surface area contributed by atoms with Crippen LogP contribution in [-0.2, 0) is 16.1 Å². The van der Waals surface area contributed by atoms with Crippen LogP contribution in [0.3, 0.4) is 0 Å². The minimum Gasteiger partial charge on any atom is -0.482 e. The Morgan fingerprint density at radius 3 is 2.60 bits per heavy atom. The SMILES string of the molecule is C=C/C=C(/OCc1ccccc1)C(=O)O. The van der Waals surface area contributed by atoms with Crippen LogP contribution in [0.2, 0.25) is 0 Å². The van der Waals surface area contributed by atoms with Crippen LogP contribution >= 0.6 is 0 Å². The van der Waals surface area contributed by atoms with Crippen molar-refractivity contribution in [3.63, 3.8) is 0 Å². The van der Waals surface area contributed by atoms with Gasteiger partial charge in [-0.2, -0.15) is 0 Å². The molecule has 0 radical (unpaired) electrons. The van der Waals surface area contributed by atoms with Crippen molar-refractivity contribution < 1.29 is 14.6 Å². The zero-order valence-electron chi connectivity index (χ0n) is 8.22. The Balaban J connectivity index is 2.59. The molecule has 3 heteroatoms. The fourth-order valence-corrected chi connectivity index (χ4v) is 1.02. The van der Waals surface area contributed by atoms with Gasteiger partial charge in [0.25, 0.3) is 0 Å². The number of carboxylic acids is 1. The predicted octanol–water partition coefficient (Wildman–Crippen LogP) is 2.36. The van der Waals surface area contributed by atoms with Gasteiger partial charge in [0.15, 0.2) is 0 Å². The highest BCUT2D eigenvalue weighted by Crippen LogP contribution is 2.06. The van der Waals surface area contributed by atoms with Crippen LogP contribution < -0.4 is 0 Å². The summed E-state index contributed by atoms with van der Waals surface area (Å²) in [6.07, 6.45) is 2.71. The Kier molecular flexibility index (Phi) is 4.16. The Morgan fingerprint density at radius 1 is 1.40 bits per heavy atom. The lowest BCUT2D eigenvalue weighted by molar-refractivity contribution is -0.136. The lowest BCUT2D eigenvalue weighted by atomic mass is 10.2. The van der Waals surface area contributed by atoms with Crippen LogP contribution in [0, 0.1) is 0 Å². The average Bonchev–Trinajstić information content (AvgIpc) is 2.25. The Morgan fingerprint density at radius 2 is 2.07 bits per heavy atom. The van der Waals surface area contributed by atoms with E-state index in [-0.39, 0.29) is 12.4 Å². The van der Waals surface area contributed by atoms with Crippen molar-refractivity contribution in [2.75, 3.05) is 0 Å². The molecule has 0 atom stereocenters. The summed E-state index contributed by atoms with van der Waals surface area (Å²) >= 11 is 0. The minimum absolute atomic E-state index is 0.103. The molecule has 0 saturated heterocycles. The standard InChI is InChI=1S/C12H12O3/c1-2-6-11(12(13)14)15-9-10-7-4-3-5-8-10/h2-8H,1,9H2,(H,13,14)/b11-6+. The topological polar surface area (TPSA) is 46.5 Å². The maximum absolute atomic E-state index is 10.7. The molecule has 0 heterocycles. The summed E-state index contributed by atoms with van der Waals surface area (Å²) in [5, 5.41) is 8.74. The van der Waals surface area contributed by atoms with Crippen LogP contribution in [0.15, 0.2) is 54.8 Å². The first-order valence-electron chi connectivity index (χ1n) is 4.47. The summed E-state index contributed by atoms with van der Waals surface area (Å²) in [6, 6.07) is 9.37. The molecule has 1 rings (SSSR count). The molecule has 15 heavy (non-hydrogen) atoms. The third kappa shape index (κ3) is 3.68. The van der Waals surface area contributed by atoms with Gasteiger partial charge in [-0.15, -0.1) is 0 Å². The third-order valence-corrected chi connectivity index (χ3v) is 1.72. The monoisotopic (exact) mass is 204 g/mol. The Labute approximate surface area is 88.3 Å². The molecule has 0 amide bonds. The van der Waals surface area contributed by atoms with E-state index in [1.54, 1.807) is 0 Å². The van der Waals surface area contributed by atoms with Crippen LogP contribution in [0.5, 0.6) is 0 Å². The van der Waals surface area contributed by atoms with Gasteiger partial charge in [-0.25, -0.2) is 4.79 Å². The first kappa shape index (κ1) is 11.0. The Hall–Kier alpha value is -2.03. The number of rotatable bonds is 5. The zero-order valence-corrected chi connectivity index (χ0v) is 8.22. The van der Waals surface area contributed by atoms with Gasteiger partial charge in [-0.3, -0.25) is 0 Å². The molecule has 78 valence electrons. The van der Waals surface area contributed by atoms with Gasteiger partial charge in [0, 0.05) is 0 Å². The van der Waals surface area contributed by atoms with Gasteiger partial charge in [0.1, 0.15) is 6.61 Å². The fraction of sp³-hybridized carbons (Fsp3) is 0.0833. The van der Waals surface area contributed by atoms with E-state index in [0.29, 0.717) is 0 Å². The molecule has 0 aliphatic carbocycles. The molecule has 0 fully saturated rings. The molecule has 0 saturated carbocycles. The van der Waals surface area contributed by atoms with Crippen molar-refractivity contribution in [2.24, 2.45) is 0 Å². The normalized spacial score (nSPS) is 10.8. The molecule has 3 nitrogen and oxygen atoms in total. The summed E-state index contributed by atoms with van der Waals surface area (Å²) in [6.45, 7) is 3.66. The van der Waals surface area contributed by atoms with Crippen molar-refractivity contribution >= 4 is 5.97 Å². The van der Waals surface area contributed by atoms with Crippen LogP contribution in [0.4, 0.5) is 0 Å². The number of benzene rings is 1. The molecule has 0 aromatic heterocycles. The second-order valence-electron chi connectivity index (χ2n) is 2.85. The van der Waals surface area contributed by atoms with E-state index in [4.69, 9.17) is 9.84 Å². The summed E-state index contributed by atoms with van der Waals surface area (Å²) < 4.78 is 5.12. The van der Waals surface area contributed by atoms with Crippen LogP contribution in [0.25, 0.3) is 0 Å². The second-order valence-corrected chi connectivity index (χ2v) is 2.85. The highest BCUT2D eigenvalue weighted by atomic mass is 16.5. The van der Waals surface area contributed by atoms with E-state index in [0.717, 1.165) is 5.56 Å². The summed E-state index contributed by atoms with van der Waals surface area (Å²) in [4.78, 5) is 10.7. The molecule has 0 aliphatic rings. The zero-order chi connectivity index (χ0) is 11.1. The van der Waals surface area contributed by atoms with E-state index >= 15 is 0 Å². The number of aliphatic carboxylic acids is 1. The summed E-state index contributed by atoms with van der Waals surface area (Å²) in [5.74, 6) is -1.19. The smallest absolute Gasteiger partial charge is 0.371 e. The predicted molar refractivity (Wildman–Crippen MR) is 57.1 cm³/mol. The first-order valence-corrected chi connectivity index (χ1v) is 4.47. The molecular weight excluding hydrogens is 192 g/mol. The minimum atomic E-state index is -1.09. The molecule has 0 aliphatic heterocycles. The van der Waals surface area contributed by atoms with E-state index in [1.807, 2.05) is 30.3 Å². The van der Waals surface area contributed by atoms with Gasteiger partial charge in [0.05, 0.1) is 0 Å². The quantitative estimate of drug-likeness (QED) is 0.455. The largest absolute Gasteiger partial charge is 0.482 e.